The standard InChI is InChI=1S/C17H23N3O4.C10H17N3O4/c1-2-10-23-18-16(21)15-9-8-14-11-19(15)17(22)20(14)24-12-13-6-4-3-5-7-13;1-2-5-17-11-9(14)8-4-3-7-6-12(8)10(15)13(7)16/h3-7,14-15H,2,8-12H2,1H3,(H,18,21);7-8,16H,2-6H2,1H3,(H,11,14)/t14-,15+;7-,8+/m11/s1. The maximum atomic E-state index is 12.6. The summed E-state index contributed by atoms with van der Waals surface area (Å²) in [5.74, 6) is -0.583. The number of hydrogen-bond acceptors (Lipinski definition) is 8. The molecule has 0 aromatic heterocycles. The monoisotopic (exact) mass is 576 g/mol. The molecule has 4 heterocycles. The first-order chi connectivity index (χ1) is 19.8. The van der Waals surface area contributed by atoms with Crippen LogP contribution in [0.5, 0.6) is 0 Å². The van der Waals surface area contributed by atoms with Crippen LogP contribution in [0.1, 0.15) is 57.9 Å². The molecule has 1 aromatic carbocycles. The SMILES string of the molecule is CCCONC(=O)[C@@H]1CC[C@@H]2CN1C(=O)N2O.CCCONC(=O)[C@@H]1CC[C@@H]2CN1C(=O)N2OCc1ccccc1. The highest BCUT2D eigenvalue weighted by atomic mass is 16.7. The first kappa shape index (κ1) is 30.5. The van der Waals surface area contributed by atoms with Crippen molar-refractivity contribution in [2.75, 3.05) is 26.3 Å². The molecule has 1 aromatic rings. The Hall–Kier alpha value is -3.46. The number of piperidine rings is 2. The normalized spacial score (nSPS) is 24.8. The first-order valence-electron chi connectivity index (χ1n) is 14.2. The maximum Gasteiger partial charge on any atom is 0.345 e. The lowest BCUT2D eigenvalue weighted by Gasteiger charge is -2.28. The third kappa shape index (κ3) is 7.25. The zero-order chi connectivity index (χ0) is 29.4. The van der Waals surface area contributed by atoms with Crippen LogP contribution in [0.3, 0.4) is 0 Å². The van der Waals surface area contributed by atoms with Gasteiger partial charge in [-0.15, -0.1) is 0 Å². The molecule has 4 aliphatic heterocycles. The van der Waals surface area contributed by atoms with Gasteiger partial charge in [0.25, 0.3) is 11.8 Å². The maximum absolute atomic E-state index is 12.6. The first-order valence-corrected chi connectivity index (χ1v) is 14.2. The van der Waals surface area contributed by atoms with Gasteiger partial charge in [0.2, 0.25) is 0 Å². The van der Waals surface area contributed by atoms with Crippen molar-refractivity contribution in [1.29, 1.82) is 0 Å². The van der Waals surface area contributed by atoms with Gasteiger partial charge in [0.1, 0.15) is 18.7 Å². The fraction of sp³-hybridized carbons (Fsp3) is 0.630. The van der Waals surface area contributed by atoms with Crippen LogP contribution < -0.4 is 11.0 Å². The van der Waals surface area contributed by atoms with Gasteiger partial charge >= 0.3 is 12.1 Å². The fourth-order valence-corrected chi connectivity index (χ4v) is 5.30. The topological polar surface area (TPSA) is 153 Å². The second-order valence-electron chi connectivity index (χ2n) is 10.4. The summed E-state index contributed by atoms with van der Waals surface area (Å²) in [6.07, 6.45) is 4.15. The van der Waals surface area contributed by atoms with Crippen molar-refractivity contribution >= 4 is 23.9 Å². The summed E-state index contributed by atoms with van der Waals surface area (Å²) in [4.78, 5) is 66.9. The van der Waals surface area contributed by atoms with E-state index in [1.165, 1.54) is 9.96 Å². The number of rotatable bonds is 11. The Morgan fingerprint density at radius 3 is 1.95 bits per heavy atom. The highest BCUT2D eigenvalue weighted by Crippen LogP contribution is 2.31. The molecule has 0 radical (unpaired) electrons. The average molecular weight is 577 g/mol. The predicted molar refractivity (Wildman–Crippen MR) is 143 cm³/mol. The van der Waals surface area contributed by atoms with Crippen molar-refractivity contribution < 1.29 is 38.9 Å². The van der Waals surface area contributed by atoms with Crippen molar-refractivity contribution in [2.24, 2.45) is 0 Å². The molecule has 14 heteroatoms. The number of nitrogens with one attached hydrogen (secondary N) is 2. The number of amides is 6. The van der Waals surface area contributed by atoms with E-state index in [0.29, 0.717) is 52.2 Å². The van der Waals surface area contributed by atoms with E-state index < -0.39 is 18.1 Å². The molecule has 4 aliphatic rings. The van der Waals surface area contributed by atoms with Crippen LogP contribution in [0.4, 0.5) is 9.59 Å². The van der Waals surface area contributed by atoms with E-state index in [-0.39, 0.29) is 29.9 Å². The Labute approximate surface area is 239 Å². The van der Waals surface area contributed by atoms with Crippen molar-refractivity contribution in [3.63, 3.8) is 0 Å². The van der Waals surface area contributed by atoms with Gasteiger partial charge in [-0.05, 0) is 44.1 Å². The Balaban J connectivity index is 0.000000201. The van der Waals surface area contributed by atoms with E-state index in [2.05, 4.69) is 11.0 Å². The molecule has 14 nitrogen and oxygen atoms in total. The molecule has 6 amide bonds. The van der Waals surface area contributed by atoms with E-state index in [4.69, 9.17) is 14.5 Å². The summed E-state index contributed by atoms with van der Waals surface area (Å²) in [7, 11) is 0. The second kappa shape index (κ2) is 14.4. The highest BCUT2D eigenvalue weighted by molar-refractivity contribution is 5.88. The molecule has 5 rings (SSSR count). The van der Waals surface area contributed by atoms with Crippen LogP contribution in [-0.4, -0.2) is 99.5 Å². The molecule has 4 fully saturated rings. The largest absolute Gasteiger partial charge is 0.345 e. The molecule has 41 heavy (non-hydrogen) atoms. The number of hydroxylamine groups is 6. The lowest BCUT2D eigenvalue weighted by Crippen LogP contribution is -2.49. The van der Waals surface area contributed by atoms with Gasteiger partial charge in [0, 0.05) is 13.1 Å². The molecule has 4 bridgehead atoms. The predicted octanol–water partition coefficient (Wildman–Crippen LogP) is 1.95. The van der Waals surface area contributed by atoms with Gasteiger partial charge in [-0.2, -0.15) is 5.06 Å². The highest BCUT2D eigenvalue weighted by Gasteiger charge is 2.48. The van der Waals surface area contributed by atoms with Crippen molar-refractivity contribution in [2.45, 2.75) is 83.1 Å². The van der Waals surface area contributed by atoms with E-state index in [1.807, 2.05) is 44.2 Å². The van der Waals surface area contributed by atoms with Crippen molar-refractivity contribution in [3.05, 3.63) is 35.9 Å². The summed E-state index contributed by atoms with van der Waals surface area (Å²) in [5.41, 5.74) is 5.78. The molecule has 0 aliphatic carbocycles. The molecular formula is C27H40N6O8. The van der Waals surface area contributed by atoms with Crippen LogP contribution in [0.2, 0.25) is 0 Å². The number of hydrogen-bond donors (Lipinski definition) is 3. The van der Waals surface area contributed by atoms with Crippen LogP contribution in [0.25, 0.3) is 0 Å². The molecule has 4 saturated heterocycles. The van der Waals surface area contributed by atoms with E-state index >= 15 is 0 Å². The van der Waals surface area contributed by atoms with Gasteiger partial charge < -0.3 is 9.80 Å². The fourth-order valence-electron chi connectivity index (χ4n) is 5.30. The number of fused-ring (bicyclic) bond motifs is 4. The summed E-state index contributed by atoms with van der Waals surface area (Å²) in [6.45, 7) is 6.06. The van der Waals surface area contributed by atoms with E-state index in [1.54, 1.807) is 4.90 Å². The summed E-state index contributed by atoms with van der Waals surface area (Å²) >= 11 is 0. The van der Waals surface area contributed by atoms with Crippen molar-refractivity contribution in [1.82, 2.24) is 30.9 Å². The zero-order valence-corrected chi connectivity index (χ0v) is 23.6. The van der Waals surface area contributed by atoms with Crippen molar-refractivity contribution in [3.8, 4) is 0 Å². The molecule has 0 saturated carbocycles. The minimum atomic E-state index is -0.534. The van der Waals surface area contributed by atoms with E-state index in [9.17, 15) is 24.4 Å². The summed E-state index contributed by atoms with van der Waals surface area (Å²) in [5, 5.41) is 11.6. The lowest BCUT2D eigenvalue weighted by atomic mass is 10.0. The second-order valence-corrected chi connectivity index (χ2v) is 10.4. The molecule has 226 valence electrons. The Kier molecular flexibility index (Phi) is 10.7. The van der Waals surface area contributed by atoms with E-state index in [0.717, 1.165) is 29.9 Å². The van der Waals surface area contributed by atoms with Crippen LogP contribution >= 0.6 is 0 Å². The number of carbonyl (C=O) groups is 4. The Morgan fingerprint density at radius 1 is 0.829 bits per heavy atom. The number of urea groups is 2. The Morgan fingerprint density at radius 2 is 1.37 bits per heavy atom. The van der Waals surface area contributed by atoms with Crippen LogP contribution in [0, 0.1) is 0 Å². The van der Waals surface area contributed by atoms with Gasteiger partial charge in [0.05, 0.1) is 25.3 Å². The molecule has 4 atom stereocenters. The minimum Gasteiger partial charge on any atom is -0.309 e. The number of benzene rings is 1. The molecule has 0 spiro atoms. The number of nitrogens with zero attached hydrogens (tertiary/aromatic N) is 4. The summed E-state index contributed by atoms with van der Waals surface area (Å²) in [6, 6.07) is 7.77. The van der Waals surface area contributed by atoms with Gasteiger partial charge in [-0.25, -0.2) is 25.6 Å². The third-order valence-corrected chi connectivity index (χ3v) is 7.44. The average Bonchev–Trinajstić information content (AvgIpc) is 3.36. The van der Waals surface area contributed by atoms with Crippen LogP contribution in [-0.2, 0) is 30.7 Å². The van der Waals surface area contributed by atoms with Crippen LogP contribution in [0.15, 0.2) is 30.3 Å². The quantitative estimate of drug-likeness (QED) is 0.205. The van der Waals surface area contributed by atoms with Gasteiger partial charge in [-0.1, -0.05) is 44.2 Å². The number of carbonyl (C=O) groups excluding carboxylic acids is 4. The van der Waals surface area contributed by atoms with Gasteiger partial charge in [-0.3, -0.25) is 29.3 Å². The third-order valence-electron chi connectivity index (χ3n) is 7.44. The molecule has 3 N–H and O–H groups in total. The molecular weight excluding hydrogens is 536 g/mol. The lowest BCUT2D eigenvalue weighted by molar-refractivity contribution is -0.141. The zero-order valence-electron chi connectivity index (χ0n) is 23.6. The van der Waals surface area contributed by atoms with Gasteiger partial charge in [0.15, 0.2) is 0 Å². The smallest absolute Gasteiger partial charge is 0.309 e. The summed E-state index contributed by atoms with van der Waals surface area (Å²) < 4.78 is 0. The minimum absolute atomic E-state index is 0.00169. The Bertz CT molecular complexity index is 1060. The molecule has 0 unspecified atom stereocenters.